The van der Waals surface area contributed by atoms with Gasteiger partial charge in [0.1, 0.15) is 0 Å². The molecule has 98 valence electrons. The molecule has 1 saturated heterocycles. The zero-order valence-electron chi connectivity index (χ0n) is 10.3. The summed E-state index contributed by atoms with van der Waals surface area (Å²) < 4.78 is 0. The highest BCUT2D eigenvalue weighted by Gasteiger charge is 2.24. The van der Waals surface area contributed by atoms with E-state index in [1.807, 2.05) is 13.8 Å². The van der Waals surface area contributed by atoms with E-state index in [9.17, 15) is 5.11 Å². The summed E-state index contributed by atoms with van der Waals surface area (Å²) in [5.74, 6) is 0.326. The zero-order valence-corrected chi connectivity index (χ0v) is 11.1. The van der Waals surface area contributed by atoms with Gasteiger partial charge in [0.15, 0.2) is 0 Å². The van der Waals surface area contributed by atoms with Crippen LogP contribution in [-0.2, 0) is 6.54 Å². The van der Waals surface area contributed by atoms with E-state index >= 15 is 0 Å². The van der Waals surface area contributed by atoms with Crippen LogP contribution in [0.2, 0.25) is 0 Å². The fourth-order valence-electron chi connectivity index (χ4n) is 2.14. The SMILES string of the molecule is Cc1n[nH]c(C)c1CNCC1CNCC1O.Cl. The van der Waals surface area contributed by atoms with Crippen LogP contribution >= 0.6 is 12.4 Å². The third-order valence-corrected chi connectivity index (χ3v) is 3.29. The molecule has 0 radical (unpaired) electrons. The highest BCUT2D eigenvalue weighted by Crippen LogP contribution is 2.10. The van der Waals surface area contributed by atoms with Crippen molar-refractivity contribution in [1.82, 2.24) is 20.8 Å². The van der Waals surface area contributed by atoms with Gasteiger partial charge in [-0.15, -0.1) is 12.4 Å². The van der Waals surface area contributed by atoms with E-state index in [0.29, 0.717) is 5.92 Å². The maximum atomic E-state index is 9.63. The number of hydrogen-bond donors (Lipinski definition) is 4. The third kappa shape index (κ3) is 3.42. The molecule has 2 atom stereocenters. The van der Waals surface area contributed by atoms with Crippen LogP contribution in [0.1, 0.15) is 17.0 Å². The molecule has 1 aliphatic heterocycles. The Bertz CT molecular complexity index is 336. The number of H-pyrrole nitrogens is 1. The lowest BCUT2D eigenvalue weighted by atomic mass is 10.1. The fourth-order valence-corrected chi connectivity index (χ4v) is 2.14. The Hall–Kier alpha value is -0.620. The molecule has 0 spiro atoms. The molecule has 0 aromatic carbocycles. The van der Waals surface area contributed by atoms with E-state index in [1.54, 1.807) is 0 Å². The predicted molar refractivity (Wildman–Crippen MR) is 69.4 cm³/mol. The first-order valence-electron chi connectivity index (χ1n) is 5.78. The van der Waals surface area contributed by atoms with Crippen molar-refractivity contribution in [3.05, 3.63) is 17.0 Å². The van der Waals surface area contributed by atoms with Crippen LogP contribution in [0.25, 0.3) is 0 Å². The number of aliphatic hydroxyl groups is 1. The number of aliphatic hydroxyl groups excluding tert-OH is 1. The van der Waals surface area contributed by atoms with Crippen LogP contribution in [0.5, 0.6) is 0 Å². The fraction of sp³-hybridized carbons (Fsp3) is 0.727. The third-order valence-electron chi connectivity index (χ3n) is 3.29. The molecular formula is C11H21ClN4O. The van der Waals surface area contributed by atoms with Gasteiger partial charge in [-0.2, -0.15) is 5.10 Å². The van der Waals surface area contributed by atoms with Gasteiger partial charge in [0.2, 0.25) is 0 Å². The number of nitrogens with zero attached hydrogens (tertiary/aromatic N) is 1. The van der Waals surface area contributed by atoms with Gasteiger partial charge < -0.3 is 15.7 Å². The quantitative estimate of drug-likeness (QED) is 0.621. The number of β-amino-alcohol motifs (C(OH)–C–C–N with tert-alkyl or cyclic N) is 1. The lowest BCUT2D eigenvalue weighted by molar-refractivity contribution is 0.146. The van der Waals surface area contributed by atoms with Crippen LogP contribution in [0.4, 0.5) is 0 Å². The molecule has 1 aromatic heterocycles. The van der Waals surface area contributed by atoms with Crippen LogP contribution < -0.4 is 10.6 Å². The minimum Gasteiger partial charge on any atom is -0.391 e. The average molecular weight is 261 g/mol. The highest BCUT2D eigenvalue weighted by molar-refractivity contribution is 5.85. The van der Waals surface area contributed by atoms with Gasteiger partial charge in [-0.3, -0.25) is 5.10 Å². The summed E-state index contributed by atoms with van der Waals surface area (Å²) in [6.45, 7) is 7.32. The minimum atomic E-state index is -0.209. The molecule has 4 N–H and O–H groups in total. The van der Waals surface area contributed by atoms with Gasteiger partial charge in [-0.25, -0.2) is 0 Å². The zero-order chi connectivity index (χ0) is 11.5. The molecule has 0 bridgehead atoms. The lowest BCUT2D eigenvalue weighted by Gasteiger charge is -2.14. The maximum absolute atomic E-state index is 9.63. The van der Waals surface area contributed by atoms with E-state index in [4.69, 9.17) is 0 Å². The Balaban J connectivity index is 0.00000144. The normalized spacial score (nSPS) is 23.7. The van der Waals surface area contributed by atoms with Crippen LogP contribution in [0, 0.1) is 19.8 Å². The molecule has 2 heterocycles. The van der Waals surface area contributed by atoms with Crippen LogP contribution in [0.15, 0.2) is 0 Å². The van der Waals surface area contributed by atoms with Crippen molar-refractivity contribution in [3.8, 4) is 0 Å². The second kappa shape index (κ2) is 6.35. The van der Waals surface area contributed by atoms with Crippen molar-refractivity contribution in [1.29, 1.82) is 0 Å². The second-order valence-electron chi connectivity index (χ2n) is 4.53. The Labute approximate surface area is 108 Å². The van der Waals surface area contributed by atoms with E-state index in [2.05, 4.69) is 20.8 Å². The molecule has 0 aliphatic carbocycles. The number of aromatic nitrogens is 2. The number of nitrogens with one attached hydrogen (secondary N) is 3. The first kappa shape index (κ1) is 14.4. The Kier molecular flexibility index (Phi) is 5.39. The monoisotopic (exact) mass is 260 g/mol. The molecule has 0 amide bonds. The highest BCUT2D eigenvalue weighted by atomic mass is 35.5. The predicted octanol–water partition coefficient (Wildman–Crippen LogP) is 0.118. The number of aryl methyl sites for hydroxylation is 2. The van der Waals surface area contributed by atoms with E-state index < -0.39 is 0 Å². The molecule has 2 rings (SSSR count). The summed E-state index contributed by atoms with van der Waals surface area (Å²) in [6.07, 6.45) is -0.209. The molecule has 2 unspecified atom stereocenters. The van der Waals surface area contributed by atoms with Crippen LogP contribution in [-0.4, -0.2) is 41.0 Å². The summed E-state index contributed by atoms with van der Waals surface area (Å²) in [5.41, 5.74) is 3.41. The Morgan fingerprint density at radius 1 is 1.41 bits per heavy atom. The first-order valence-corrected chi connectivity index (χ1v) is 5.78. The Morgan fingerprint density at radius 3 is 2.71 bits per heavy atom. The largest absolute Gasteiger partial charge is 0.391 e. The first-order chi connectivity index (χ1) is 7.68. The van der Waals surface area contributed by atoms with Gasteiger partial charge in [0.05, 0.1) is 11.8 Å². The average Bonchev–Trinajstić information content (AvgIpc) is 2.79. The smallest absolute Gasteiger partial charge is 0.0716 e. The van der Waals surface area contributed by atoms with E-state index in [-0.39, 0.29) is 18.5 Å². The molecule has 5 nitrogen and oxygen atoms in total. The summed E-state index contributed by atoms with van der Waals surface area (Å²) in [5, 5.41) is 23.3. The van der Waals surface area contributed by atoms with Gasteiger partial charge in [-0.1, -0.05) is 0 Å². The number of rotatable bonds is 4. The molecule has 6 heteroatoms. The van der Waals surface area contributed by atoms with E-state index in [0.717, 1.165) is 37.6 Å². The lowest BCUT2D eigenvalue weighted by Crippen LogP contribution is -2.30. The molecule has 17 heavy (non-hydrogen) atoms. The van der Waals surface area contributed by atoms with Gasteiger partial charge in [-0.05, 0) is 13.8 Å². The molecule has 0 saturated carbocycles. The van der Waals surface area contributed by atoms with Crippen molar-refractivity contribution in [2.24, 2.45) is 5.92 Å². The molecular weight excluding hydrogens is 240 g/mol. The maximum Gasteiger partial charge on any atom is 0.0716 e. The summed E-state index contributed by atoms with van der Waals surface area (Å²) in [7, 11) is 0. The summed E-state index contributed by atoms with van der Waals surface area (Å²) in [4.78, 5) is 0. The van der Waals surface area contributed by atoms with Gasteiger partial charge in [0, 0.05) is 43.4 Å². The van der Waals surface area contributed by atoms with Crippen molar-refractivity contribution in [2.45, 2.75) is 26.5 Å². The minimum absolute atomic E-state index is 0. The van der Waals surface area contributed by atoms with Gasteiger partial charge in [0.25, 0.3) is 0 Å². The van der Waals surface area contributed by atoms with E-state index in [1.165, 1.54) is 5.56 Å². The number of aromatic amines is 1. The second-order valence-corrected chi connectivity index (χ2v) is 4.53. The molecule has 1 aliphatic rings. The summed E-state index contributed by atoms with van der Waals surface area (Å²) >= 11 is 0. The molecule has 1 fully saturated rings. The van der Waals surface area contributed by atoms with Gasteiger partial charge >= 0.3 is 0 Å². The van der Waals surface area contributed by atoms with Crippen molar-refractivity contribution in [2.75, 3.05) is 19.6 Å². The standard InChI is InChI=1S/C11H20N4O.ClH/c1-7-10(8(2)15-14-7)5-12-3-9-4-13-6-11(9)16;/h9,11-13,16H,3-6H2,1-2H3,(H,14,15);1H. The number of halogens is 1. The Morgan fingerprint density at radius 2 is 2.18 bits per heavy atom. The van der Waals surface area contributed by atoms with Crippen LogP contribution in [0.3, 0.4) is 0 Å². The van der Waals surface area contributed by atoms with Crippen molar-refractivity contribution >= 4 is 12.4 Å². The summed E-state index contributed by atoms with van der Waals surface area (Å²) in [6, 6.07) is 0. The number of hydrogen-bond acceptors (Lipinski definition) is 4. The van der Waals surface area contributed by atoms with Crippen molar-refractivity contribution < 1.29 is 5.11 Å². The topological polar surface area (TPSA) is 73.0 Å². The molecule has 1 aromatic rings. The van der Waals surface area contributed by atoms with Crippen molar-refractivity contribution in [3.63, 3.8) is 0 Å².